The van der Waals surface area contributed by atoms with Crippen LogP contribution in [-0.2, 0) is 6.54 Å². The average molecular weight is 495 g/mol. The van der Waals surface area contributed by atoms with Crippen LogP contribution in [0.15, 0.2) is 53.3 Å². The molecule has 0 unspecified atom stereocenters. The van der Waals surface area contributed by atoms with E-state index in [9.17, 15) is 10.1 Å². The molecule has 0 N–H and O–H groups in total. The van der Waals surface area contributed by atoms with Crippen molar-refractivity contribution in [1.82, 2.24) is 30.0 Å². The summed E-state index contributed by atoms with van der Waals surface area (Å²) in [6.07, 6.45) is 1.59. The van der Waals surface area contributed by atoms with Gasteiger partial charge >= 0.3 is 0 Å². The Labute approximate surface area is 182 Å². The van der Waals surface area contributed by atoms with Gasteiger partial charge in [0.1, 0.15) is 4.60 Å². The van der Waals surface area contributed by atoms with Gasteiger partial charge in [0, 0.05) is 17.2 Å². The predicted molar refractivity (Wildman–Crippen MR) is 110 cm³/mol. The standard InChI is InChI=1S/C17H10BrCl2N7O2/c18-16-13(8-21-26(16)15-7-11(19)3-6-14(15)20)17-22-24-25(23-17)9-10-1-4-12(5-2-10)27(28)29/h1-8H,9H2. The van der Waals surface area contributed by atoms with Crippen molar-refractivity contribution in [3.63, 3.8) is 0 Å². The molecule has 0 fully saturated rings. The van der Waals surface area contributed by atoms with E-state index in [0.29, 0.717) is 38.3 Å². The van der Waals surface area contributed by atoms with E-state index in [1.165, 1.54) is 16.9 Å². The minimum absolute atomic E-state index is 0.0250. The maximum Gasteiger partial charge on any atom is 0.269 e. The summed E-state index contributed by atoms with van der Waals surface area (Å²) in [5, 5.41) is 28.6. The van der Waals surface area contributed by atoms with E-state index >= 15 is 0 Å². The number of hydrogen-bond acceptors (Lipinski definition) is 6. The van der Waals surface area contributed by atoms with Gasteiger partial charge in [0.25, 0.3) is 5.69 Å². The molecular formula is C17H10BrCl2N7O2. The molecule has 0 saturated heterocycles. The highest BCUT2D eigenvalue weighted by molar-refractivity contribution is 9.10. The van der Waals surface area contributed by atoms with Crippen LogP contribution in [0.5, 0.6) is 0 Å². The molecule has 4 aromatic rings. The van der Waals surface area contributed by atoms with Crippen LogP contribution in [0.1, 0.15) is 5.56 Å². The first-order valence-corrected chi connectivity index (χ1v) is 9.68. The second-order valence-corrected chi connectivity index (χ2v) is 7.52. The van der Waals surface area contributed by atoms with E-state index in [1.807, 2.05) is 0 Å². The second kappa shape index (κ2) is 7.90. The van der Waals surface area contributed by atoms with Crippen molar-refractivity contribution in [2.45, 2.75) is 6.54 Å². The maximum absolute atomic E-state index is 10.7. The number of nitrogens with zero attached hydrogens (tertiary/aromatic N) is 7. The molecular weight excluding hydrogens is 485 g/mol. The Hall–Kier alpha value is -2.82. The summed E-state index contributed by atoms with van der Waals surface area (Å²) < 4.78 is 2.18. The SMILES string of the molecule is O=[N+]([O-])c1ccc(Cn2nnc(-c3cnn(-c4cc(Cl)ccc4Cl)c3Br)n2)cc1. The zero-order valence-corrected chi connectivity index (χ0v) is 17.5. The Morgan fingerprint density at radius 3 is 2.62 bits per heavy atom. The predicted octanol–water partition coefficient (Wildman–Crippen LogP) is 4.55. The molecule has 2 aromatic heterocycles. The monoisotopic (exact) mass is 493 g/mol. The average Bonchev–Trinajstić information content (AvgIpc) is 3.30. The highest BCUT2D eigenvalue weighted by Gasteiger charge is 2.18. The zero-order chi connectivity index (χ0) is 20.5. The first kappa shape index (κ1) is 19.5. The molecule has 9 nitrogen and oxygen atoms in total. The Morgan fingerprint density at radius 1 is 1.14 bits per heavy atom. The quantitative estimate of drug-likeness (QED) is 0.297. The highest BCUT2D eigenvalue weighted by atomic mass is 79.9. The third-order valence-electron chi connectivity index (χ3n) is 4.01. The van der Waals surface area contributed by atoms with Crippen LogP contribution in [0.4, 0.5) is 5.69 Å². The number of tetrazole rings is 1. The van der Waals surface area contributed by atoms with Gasteiger partial charge in [0.05, 0.1) is 33.9 Å². The molecule has 0 aliphatic heterocycles. The molecule has 2 aromatic carbocycles. The molecule has 0 aliphatic rings. The van der Waals surface area contributed by atoms with Gasteiger partial charge in [0.15, 0.2) is 0 Å². The van der Waals surface area contributed by atoms with E-state index in [4.69, 9.17) is 23.2 Å². The fourth-order valence-corrected chi connectivity index (χ4v) is 3.53. The van der Waals surface area contributed by atoms with Crippen LogP contribution in [0, 0.1) is 10.1 Å². The Morgan fingerprint density at radius 2 is 1.90 bits per heavy atom. The highest BCUT2D eigenvalue weighted by Crippen LogP contribution is 2.31. The number of nitro benzene ring substituents is 1. The maximum atomic E-state index is 10.7. The minimum atomic E-state index is -0.447. The number of nitro groups is 1. The van der Waals surface area contributed by atoms with Crippen molar-refractivity contribution < 1.29 is 4.92 Å². The third kappa shape index (κ3) is 4.00. The van der Waals surface area contributed by atoms with E-state index in [1.54, 1.807) is 41.2 Å². The van der Waals surface area contributed by atoms with Gasteiger partial charge in [-0.05, 0) is 44.9 Å². The molecule has 146 valence electrons. The number of hydrogen-bond donors (Lipinski definition) is 0. The smallest absolute Gasteiger partial charge is 0.258 e. The summed E-state index contributed by atoms with van der Waals surface area (Å²) in [6.45, 7) is 0.316. The van der Waals surface area contributed by atoms with Crippen molar-refractivity contribution in [3.05, 3.63) is 79.0 Å². The summed E-state index contributed by atoms with van der Waals surface area (Å²) in [5.74, 6) is 0.364. The van der Waals surface area contributed by atoms with Crippen molar-refractivity contribution in [2.75, 3.05) is 0 Å². The van der Waals surface area contributed by atoms with Gasteiger partial charge in [-0.3, -0.25) is 10.1 Å². The largest absolute Gasteiger partial charge is 0.269 e. The second-order valence-electron chi connectivity index (χ2n) is 5.92. The van der Waals surface area contributed by atoms with E-state index in [0.717, 1.165) is 5.56 Å². The lowest BCUT2D eigenvalue weighted by molar-refractivity contribution is -0.384. The van der Waals surface area contributed by atoms with Gasteiger partial charge in [-0.1, -0.05) is 35.3 Å². The lowest BCUT2D eigenvalue weighted by Crippen LogP contribution is -2.04. The molecule has 0 atom stereocenters. The molecule has 0 saturated carbocycles. The molecule has 12 heteroatoms. The van der Waals surface area contributed by atoms with Crippen molar-refractivity contribution >= 4 is 44.8 Å². The molecule has 0 spiro atoms. The van der Waals surface area contributed by atoms with Crippen LogP contribution in [0.25, 0.3) is 17.1 Å². The summed E-state index contributed by atoms with van der Waals surface area (Å²) >= 11 is 15.8. The number of rotatable bonds is 5. The van der Waals surface area contributed by atoms with Gasteiger partial charge < -0.3 is 0 Å². The number of aromatic nitrogens is 6. The fraction of sp³-hybridized carbons (Fsp3) is 0.0588. The number of halogens is 3. The van der Waals surface area contributed by atoms with Crippen molar-refractivity contribution in [3.8, 4) is 17.1 Å². The summed E-state index contributed by atoms with van der Waals surface area (Å²) in [6, 6.07) is 11.2. The van der Waals surface area contributed by atoms with Crippen LogP contribution < -0.4 is 0 Å². The van der Waals surface area contributed by atoms with Crippen LogP contribution in [0.3, 0.4) is 0 Å². The topological polar surface area (TPSA) is 105 Å². The molecule has 0 bridgehead atoms. The molecule has 0 amide bonds. The fourth-order valence-electron chi connectivity index (χ4n) is 2.60. The molecule has 4 rings (SSSR count). The van der Waals surface area contributed by atoms with Crippen LogP contribution in [0.2, 0.25) is 10.0 Å². The van der Waals surface area contributed by atoms with Crippen LogP contribution >= 0.6 is 39.1 Å². The molecule has 0 radical (unpaired) electrons. The van der Waals surface area contributed by atoms with Crippen molar-refractivity contribution in [2.24, 2.45) is 0 Å². The number of benzene rings is 2. The molecule has 2 heterocycles. The van der Waals surface area contributed by atoms with Crippen molar-refractivity contribution in [1.29, 1.82) is 0 Å². The lowest BCUT2D eigenvalue weighted by Gasteiger charge is -2.06. The first-order valence-electron chi connectivity index (χ1n) is 8.13. The molecule has 0 aliphatic carbocycles. The number of non-ortho nitro benzene ring substituents is 1. The zero-order valence-electron chi connectivity index (χ0n) is 14.4. The van der Waals surface area contributed by atoms with E-state index < -0.39 is 4.92 Å². The Bertz CT molecular complexity index is 1210. The van der Waals surface area contributed by atoms with Gasteiger partial charge in [-0.15, -0.1) is 10.2 Å². The molecule has 29 heavy (non-hydrogen) atoms. The Kier molecular flexibility index (Phi) is 5.31. The first-order chi connectivity index (χ1) is 13.9. The summed E-state index contributed by atoms with van der Waals surface area (Å²) in [7, 11) is 0. The van der Waals surface area contributed by atoms with Gasteiger partial charge in [0.2, 0.25) is 5.82 Å². The van der Waals surface area contributed by atoms with Gasteiger partial charge in [-0.2, -0.15) is 9.90 Å². The normalized spacial score (nSPS) is 11.0. The summed E-state index contributed by atoms with van der Waals surface area (Å²) in [5.41, 5.74) is 2.06. The Balaban J connectivity index is 1.59. The van der Waals surface area contributed by atoms with E-state index in [2.05, 4.69) is 36.4 Å². The van der Waals surface area contributed by atoms with Gasteiger partial charge in [-0.25, -0.2) is 4.68 Å². The lowest BCUT2D eigenvalue weighted by atomic mass is 10.2. The van der Waals surface area contributed by atoms with Crippen LogP contribution in [-0.4, -0.2) is 34.9 Å². The third-order valence-corrected chi connectivity index (χ3v) is 5.33. The van der Waals surface area contributed by atoms with E-state index in [-0.39, 0.29) is 5.69 Å². The minimum Gasteiger partial charge on any atom is -0.258 e. The summed E-state index contributed by atoms with van der Waals surface area (Å²) in [4.78, 5) is 11.7.